The fourth-order valence-electron chi connectivity index (χ4n) is 3.40. The molecule has 1 aliphatic heterocycles. The molecule has 1 heterocycles. The van der Waals surface area contributed by atoms with Gasteiger partial charge in [0.05, 0.1) is 25.1 Å². The summed E-state index contributed by atoms with van der Waals surface area (Å²) >= 11 is 0. The van der Waals surface area contributed by atoms with Crippen LogP contribution in [0.4, 0.5) is 0 Å². The van der Waals surface area contributed by atoms with E-state index in [2.05, 4.69) is 0 Å². The number of hydrogen-bond donors (Lipinski definition) is 0. The highest BCUT2D eigenvalue weighted by Gasteiger charge is 2.59. The Morgan fingerprint density at radius 2 is 2.20 bits per heavy atom. The molecule has 0 aromatic heterocycles. The summed E-state index contributed by atoms with van der Waals surface area (Å²) < 4.78 is 32.3. The van der Waals surface area contributed by atoms with E-state index in [1.807, 2.05) is 0 Å². The van der Waals surface area contributed by atoms with Crippen molar-refractivity contribution in [3.63, 3.8) is 0 Å². The first kappa shape index (κ1) is 10.1. The lowest BCUT2D eigenvalue weighted by Gasteiger charge is -2.18. The van der Waals surface area contributed by atoms with Crippen LogP contribution >= 0.6 is 0 Å². The molecule has 0 aromatic carbocycles. The second-order valence-electron chi connectivity index (χ2n) is 5.04. The minimum absolute atomic E-state index is 0.354. The minimum atomic E-state index is -3.29. The maximum atomic E-state index is 10.9. The molecule has 0 bridgehead atoms. The Morgan fingerprint density at radius 1 is 1.40 bits per heavy atom. The lowest BCUT2D eigenvalue weighted by Crippen LogP contribution is -2.22. The Hall–Kier alpha value is -0.130. The summed E-state index contributed by atoms with van der Waals surface area (Å²) in [6.45, 7) is 0.354. The minimum Gasteiger partial charge on any atom is -0.369 e. The average Bonchev–Trinajstić information content (AvgIpc) is 2.62. The Labute approximate surface area is 90.1 Å². The van der Waals surface area contributed by atoms with Crippen LogP contribution in [0.15, 0.2) is 0 Å². The van der Waals surface area contributed by atoms with E-state index in [0.29, 0.717) is 30.7 Å². The topological polar surface area (TPSA) is 55.9 Å². The molecule has 2 saturated carbocycles. The zero-order valence-corrected chi connectivity index (χ0v) is 9.57. The summed E-state index contributed by atoms with van der Waals surface area (Å²) in [6, 6.07) is 0. The van der Waals surface area contributed by atoms with Gasteiger partial charge in [-0.2, -0.15) is 8.42 Å². The highest BCUT2D eigenvalue weighted by molar-refractivity contribution is 7.85. The molecular weight excluding hydrogens is 216 g/mol. The molecular formula is C10H16O4S. The number of fused-ring (bicyclic) bond motifs is 3. The molecule has 2 aliphatic carbocycles. The quantitative estimate of drug-likeness (QED) is 0.533. The fraction of sp³-hybridized carbons (Fsp3) is 1.00. The van der Waals surface area contributed by atoms with Gasteiger partial charge < -0.3 is 4.74 Å². The van der Waals surface area contributed by atoms with E-state index < -0.39 is 10.1 Å². The van der Waals surface area contributed by atoms with Crippen molar-refractivity contribution in [1.82, 2.24) is 0 Å². The first-order chi connectivity index (χ1) is 7.04. The third kappa shape index (κ3) is 1.81. The van der Waals surface area contributed by atoms with Crippen molar-refractivity contribution in [3.8, 4) is 0 Å². The van der Waals surface area contributed by atoms with Crippen molar-refractivity contribution in [2.75, 3.05) is 12.9 Å². The first-order valence-electron chi connectivity index (χ1n) is 5.54. The van der Waals surface area contributed by atoms with Crippen LogP contribution in [0.25, 0.3) is 0 Å². The van der Waals surface area contributed by atoms with Gasteiger partial charge in [0.1, 0.15) is 0 Å². The zero-order valence-electron chi connectivity index (χ0n) is 8.76. The van der Waals surface area contributed by atoms with Gasteiger partial charge in [-0.15, -0.1) is 0 Å². The number of epoxide rings is 1. The van der Waals surface area contributed by atoms with Crippen LogP contribution in [0.5, 0.6) is 0 Å². The SMILES string of the molecule is CS(=O)(=O)OC[C@H]1CC[C@H]2C[C@H]3O[C@H]3[C@@H]12. The highest BCUT2D eigenvalue weighted by Crippen LogP contribution is 2.56. The number of hydrogen-bond acceptors (Lipinski definition) is 4. The molecule has 15 heavy (non-hydrogen) atoms. The van der Waals surface area contributed by atoms with Crippen LogP contribution < -0.4 is 0 Å². The molecule has 0 N–H and O–H groups in total. The van der Waals surface area contributed by atoms with Crippen molar-refractivity contribution >= 4 is 10.1 Å². The lowest BCUT2D eigenvalue weighted by molar-refractivity contribution is 0.156. The molecule has 3 fully saturated rings. The summed E-state index contributed by atoms with van der Waals surface area (Å²) in [5, 5.41) is 0. The molecule has 0 spiro atoms. The van der Waals surface area contributed by atoms with Gasteiger partial charge >= 0.3 is 0 Å². The Balaban J connectivity index is 1.63. The molecule has 86 valence electrons. The van der Waals surface area contributed by atoms with Gasteiger partial charge in [-0.1, -0.05) is 0 Å². The van der Waals surface area contributed by atoms with Crippen LogP contribution in [0, 0.1) is 17.8 Å². The second-order valence-corrected chi connectivity index (χ2v) is 6.68. The first-order valence-corrected chi connectivity index (χ1v) is 7.36. The average molecular weight is 232 g/mol. The van der Waals surface area contributed by atoms with Gasteiger partial charge in [-0.3, -0.25) is 4.18 Å². The van der Waals surface area contributed by atoms with Crippen LogP contribution in [-0.4, -0.2) is 33.5 Å². The van der Waals surface area contributed by atoms with E-state index in [1.165, 1.54) is 12.8 Å². The van der Waals surface area contributed by atoms with E-state index >= 15 is 0 Å². The normalized spacial score (nSPS) is 47.7. The molecule has 4 nitrogen and oxygen atoms in total. The van der Waals surface area contributed by atoms with E-state index in [1.54, 1.807) is 0 Å². The van der Waals surface area contributed by atoms with Gasteiger partial charge in [0.25, 0.3) is 10.1 Å². The third-order valence-corrected chi connectivity index (χ3v) is 4.59. The summed E-state index contributed by atoms with van der Waals surface area (Å²) in [7, 11) is -3.29. The summed E-state index contributed by atoms with van der Waals surface area (Å²) in [4.78, 5) is 0. The van der Waals surface area contributed by atoms with E-state index in [4.69, 9.17) is 8.92 Å². The monoisotopic (exact) mass is 232 g/mol. The van der Waals surface area contributed by atoms with Gasteiger partial charge in [0.15, 0.2) is 0 Å². The largest absolute Gasteiger partial charge is 0.369 e. The molecule has 0 aromatic rings. The van der Waals surface area contributed by atoms with Crippen LogP contribution in [0.1, 0.15) is 19.3 Å². The van der Waals surface area contributed by atoms with Crippen molar-refractivity contribution < 1.29 is 17.3 Å². The second kappa shape index (κ2) is 3.18. The summed E-state index contributed by atoms with van der Waals surface area (Å²) in [6.07, 6.45) is 5.53. The van der Waals surface area contributed by atoms with Crippen LogP contribution in [0.2, 0.25) is 0 Å². The molecule has 5 heteroatoms. The maximum Gasteiger partial charge on any atom is 0.264 e. The molecule has 0 radical (unpaired) electrons. The summed E-state index contributed by atoms with van der Waals surface area (Å²) in [5.74, 6) is 1.72. The molecule has 5 atom stereocenters. The molecule has 1 saturated heterocycles. The smallest absolute Gasteiger partial charge is 0.264 e. The van der Waals surface area contributed by atoms with Crippen LogP contribution in [0.3, 0.4) is 0 Å². The fourth-order valence-corrected chi connectivity index (χ4v) is 3.82. The highest BCUT2D eigenvalue weighted by atomic mass is 32.2. The van der Waals surface area contributed by atoms with Crippen molar-refractivity contribution in [2.24, 2.45) is 17.8 Å². The van der Waals surface area contributed by atoms with Crippen LogP contribution in [-0.2, 0) is 19.0 Å². The van der Waals surface area contributed by atoms with Gasteiger partial charge in [0, 0.05) is 0 Å². The standard InChI is InChI=1S/C10H16O4S/c1-15(11,12)13-5-7-3-2-6-4-8-10(14-8)9(6)7/h6-10H,2-5H2,1H3/t6-,7+,8+,9+,10+/m0/s1. The van der Waals surface area contributed by atoms with Crippen molar-refractivity contribution in [3.05, 3.63) is 0 Å². The third-order valence-electron chi connectivity index (χ3n) is 4.03. The molecule has 0 unspecified atom stereocenters. The van der Waals surface area contributed by atoms with Crippen molar-refractivity contribution in [1.29, 1.82) is 0 Å². The van der Waals surface area contributed by atoms with Gasteiger partial charge in [-0.05, 0) is 37.0 Å². The predicted molar refractivity (Wildman–Crippen MR) is 53.8 cm³/mol. The number of ether oxygens (including phenoxy) is 1. The Morgan fingerprint density at radius 3 is 2.93 bits per heavy atom. The molecule has 3 rings (SSSR count). The maximum absolute atomic E-state index is 10.9. The van der Waals surface area contributed by atoms with Gasteiger partial charge in [0.2, 0.25) is 0 Å². The van der Waals surface area contributed by atoms with E-state index in [0.717, 1.165) is 18.6 Å². The zero-order chi connectivity index (χ0) is 10.6. The van der Waals surface area contributed by atoms with Gasteiger partial charge in [-0.25, -0.2) is 0 Å². The molecule has 3 aliphatic rings. The predicted octanol–water partition coefficient (Wildman–Crippen LogP) is 0.776. The molecule has 0 amide bonds. The Bertz CT molecular complexity index is 364. The summed E-state index contributed by atoms with van der Waals surface area (Å²) in [5.41, 5.74) is 0. The van der Waals surface area contributed by atoms with E-state index in [-0.39, 0.29) is 0 Å². The lowest BCUT2D eigenvalue weighted by atomic mass is 9.92. The Kier molecular flexibility index (Phi) is 2.13. The van der Waals surface area contributed by atoms with Crippen molar-refractivity contribution in [2.45, 2.75) is 31.5 Å². The van der Waals surface area contributed by atoms with E-state index in [9.17, 15) is 8.42 Å². The number of rotatable bonds is 3.